The fraction of sp³-hybridized carbons (Fsp3) is 0.481. The zero-order valence-corrected chi connectivity index (χ0v) is 20.3. The van der Waals surface area contributed by atoms with Crippen LogP contribution in [0.25, 0.3) is 16.7 Å². The van der Waals surface area contributed by atoms with Gasteiger partial charge < -0.3 is 10.2 Å². The maximum Gasteiger partial charge on any atom is 0.256 e. The van der Waals surface area contributed by atoms with E-state index in [1.54, 1.807) is 28.8 Å². The van der Waals surface area contributed by atoms with Crippen molar-refractivity contribution in [3.8, 4) is 5.69 Å². The Hall–Kier alpha value is -3.22. The number of rotatable bonds is 10. The highest BCUT2D eigenvalue weighted by Crippen LogP contribution is 2.23. The van der Waals surface area contributed by atoms with E-state index >= 15 is 0 Å². The number of fused-ring (bicyclic) bond motifs is 1. The number of nitrogens with zero attached hydrogens (tertiary/aromatic N) is 4. The highest BCUT2D eigenvalue weighted by atomic mass is 16.1. The number of hydrogen-bond acceptors (Lipinski definition) is 5. The summed E-state index contributed by atoms with van der Waals surface area (Å²) >= 11 is 0. The van der Waals surface area contributed by atoms with Gasteiger partial charge in [-0.3, -0.25) is 14.2 Å². The number of hydrogen-bond donors (Lipinski definition) is 1. The molecule has 1 aliphatic heterocycles. The van der Waals surface area contributed by atoms with Crippen LogP contribution in [-0.4, -0.2) is 40.1 Å². The zero-order chi connectivity index (χ0) is 23.9. The molecule has 4 rings (SSSR count). The van der Waals surface area contributed by atoms with E-state index in [-0.39, 0.29) is 11.5 Å². The van der Waals surface area contributed by atoms with Gasteiger partial charge in [0.2, 0.25) is 5.95 Å². The summed E-state index contributed by atoms with van der Waals surface area (Å²) in [6.45, 7) is 6.72. The van der Waals surface area contributed by atoms with Gasteiger partial charge in [0.15, 0.2) is 5.65 Å². The third-order valence-electron chi connectivity index (χ3n) is 6.52. The topological polar surface area (TPSA) is 80.1 Å². The molecule has 7 heteroatoms. The molecule has 1 amide bonds. The average molecular weight is 462 g/mol. The number of pyridine rings is 1. The zero-order valence-electron chi connectivity index (χ0n) is 20.3. The Morgan fingerprint density at radius 1 is 0.941 bits per heavy atom. The van der Waals surface area contributed by atoms with Crippen molar-refractivity contribution in [1.29, 1.82) is 0 Å². The summed E-state index contributed by atoms with van der Waals surface area (Å²) in [4.78, 5) is 37.1. The van der Waals surface area contributed by atoms with Crippen LogP contribution in [0.5, 0.6) is 0 Å². The van der Waals surface area contributed by atoms with Crippen LogP contribution >= 0.6 is 0 Å². The summed E-state index contributed by atoms with van der Waals surface area (Å²) in [7, 11) is 0. The van der Waals surface area contributed by atoms with Crippen molar-refractivity contribution in [1.82, 2.24) is 19.9 Å². The van der Waals surface area contributed by atoms with Crippen LogP contribution in [0.3, 0.4) is 0 Å². The third kappa shape index (κ3) is 5.46. The molecular weight excluding hydrogens is 426 g/mol. The number of nitrogens with one attached hydrogen (secondary N) is 1. The van der Waals surface area contributed by atoms with Gasteiger partial charge in [0.1, 0.15) is 0 Å². The summed E-state index contributed by atoms with van der Waals surface area (Å²) in [6.07, 6.45) is 9.41. The summed E-state index contributed by atoms with van der Waals surface area (Å²) in [5.41, 5.74) is 2.58. The molecule has 0 saturated carbocycles. The Kier molecular flexibility index (Phi) is 7.93. The molecule has 0 bridgehead atoms. The van der Waals surface area contributed by atoms with Crippen LogP contribution in [-0.2, 0) is 0 Å². The number of carbonyl (C=O) groups excluding carboxylic acids is 1. The largest absolute Gasteiger partial charge is 0.352 e. The van der Waals surface area contributed by atoms with Crippen molar-refractivity contribution in [2.24, 2.45) is 0 Å². The molecule has 2 aromatic heterocycles. The average Bonchev–Trinajstić information content (AvgIpc) is 3.38. The van der Waals surface area contributed by atoms with Gasteiger partial charge in [0.05, 0.1) is 11.4 Å². The Labute approximate surface area is 201 Å². The first kappa shape index (κ1) is 23.9. The van der Waals surface area contributed by atoms with E-state index in [1.807, 2.05) is 19.1 Å². The minimum absolute atomic E-state index is 0.0835. The highest BCUT2D eigenvalue weighted by Gasteiger charge is 2.18. The number of aryl methyl sites for hydroxylation is 1. The smallest absolute Gasteiger partial charge is 0.256 e. The number of benzene rings is 1. The summed E-state index contributed by atoms with van der Waals surface area (Å²) in [5.74, 6) is 0.590. The molecule has 3 aromatic rings. The van der Waals surface area contributed by atoms with E-state index in [1.165, 1.54) is 25.7 Å². The molecule has 1 N–H and O–H groups in total. The molecular formula is C27H35N5O2. The predicted molar refractivity (Wildman–Crippen MR) is 137 cm³/mol. The molecule has 0 unspecified atom stereocenters. The van der Waals surface area contributed by atoms with Crippen molar-refractivity contribution in [2.45, 2.75) is 65.2 Å². The maximum absolute atomic E-state index is 12.9. The molecule has 180 valence electrons. The van der Waals surface area contributed by atoms with Crippen molar-refractivity contribution in [3.63, 3.8) is 0 Å². The van der Waals surface area contributed by atoms with Crippen LogP contribution in [0.15, 0.2) is 41.2 Å². The lowest BCUT2D eigenvalue weighted by atomic mass is 10.1. The third-order valence-corrected chi connectivity index (χ3v) is 6.52. The molecule has 7 nitrogen and oxygen atoms in total. The molecule has 0 spiro atoms. The molecule has 1 aromatic carbocycles. The van der Waals surface area contributed by atoms with E-state index in [0.717, 1.165) is 49.9 Å². The Morgan fingerprint density at radius 3 is 2.38 bits per heavy atom. The Morgan fingerprint density at radius 2 is 1.65 bits per heavy atom. The minimum atomic E-state index is -0.154. The number of carbonyl (C=O) groups is 1. The van der Waals surface area contributed by atoms with Gasteiger partial charge in [-0.05, 0) is 56.5 Å². The molecule has 0 radical (unpaired) electrons. The van der Waals surface area contributed by atoms with Gasteiger partial charge in [-0.1, -0.05) is 39.0 Å². The predicted octanol–water partition coefficient (Wildman–Crippen LogP) is 4.78. The number of unbranched alkanes of at least 4 members (excludes halogenated alkanes) is 5. The monoisotopic (exact) mass is 461 g/mol. The van der Waals surface area contributed by atoms with Gasteiger partial charge in [0.25, 0.3) is 11.5 Å². The first-order valence-electron chi connectivity index (χ1n) is 12.6. The van der Waals surface area contributed by atoms with Crippen LogP contribution in [0.2, 0.25) is 0 Å². The van der Waals surface area contributed by atoms with Crippen molar-refractivity contribution >= 4 is 22.9 Å². The van der Waals surface area contributed by atoms with Gasteiger partial charge in [-0.25, -0.2) is 4.98 Å². The van der Waals surface area contributed by atoms with E-state index < -0.39 is 0 Å². The van der Waals surface area contributed by atoms with E-state index in [4.69, 9.17) is 4.98 Å². The van der Waals surface area contributed by atoms with Crippen LogP contribution in [0, 0.1) is 6.92 Å². The van der Waals surface area contributed by atoms with E-state index in [0.29, 0.717) is 29.4 Å². The summed E-state index contributed by atoms with van der Waals surface area (Å²) in [5, 5.41) is 3.85. The molecule has 1 aliphatic rings. The lowest BCUT2D eigenvalue weighted by molar-refractivity contribution is 0.0953. The summed E-state index contributed by atoms with van der Waals surface area (Å²) < 4.78 is 1.61. The van der Waals surface area contributed by atoms with Crippen molar-refractivity contribution < 1.29 is 4.79 Å². The van der Waals surface area contributed by atoms with Crippen LogP contribution < -0.4 is 15.8 Å². The number of aromatic nitrogens is 3. The van der Waals surface area contributed by atoms with Gasteiger partial charge in [-0.15, -0.1) is 0 Å². The standard InChI is InChI=1S/C27H35N5O2/c1-3-4-5-6-7-8-17-28-26(34)21-11-13-22(14-12-21)32-24(33)16-15-23-20(2)29-27(30-25(23)32)31-18-9-10-19-31/h11-16H,3-10,17-19H2,1-2H3,(H,28,34). The van der Waals surface area contributed by atoms with E-state index in [2.05, 4.69) is 22.1 Å². The first-order chi connectivity index (χ1) is 16.6. The van der Waals surface area contributed by atoms with Gasteiger partial charge in [0, 0.05) is 36.7 Å². The second-order valence-electron chi connectivity index (χ2n) is 9.12. The molecule has 3 heterocycles. The second kappa shape index (κ2) is 11.3. The first-order valence-corrected chi connectivity index (χ1v) is 12.6. The van der Waals surface area contributed by atoms with Crippen LogP contribution in [0.1, 0.15) is 74.3 Å². The SMILES string of the molecule is CCCCCCCCNC(=O)c1ccc(-n2c(=O)ccc3c(C)nc(N4CCCC4)nc32)cc1. The highest BCUT2D eigenvalue weighted by molar-refractivity contribution is 5.94. The molecule has 0 aliphatic carbocycles. The normalized spacial score (nSPS) is 13.5. The van der Waals surface area contributed by atoms with E-state index in [9.17, 15) is 9.59 Å². The van der Waals surface area contributed by atoms with Crippen LogP contribution in [0.4, 0.5) is 5.95 Å². The Balaban J connectivity index is 1.51. The lowest BCUT2D eigenvalue weighted by Crippen LogP contribution is -2.25. The fourth-order valence-corrected chi connectivity index (χ4v) is 4.53. The minimum Gasteiger partial charge on any atom is -0.352 e. The van der Waals surface area contributed by atoms with Crippen molar-refractivity contribution in [2.75, 3.05) is 24.5 Å². The maximum atomic E-state index is 12.9. The number of anilines is 1. The lowest BCUT2D eigenvalue weighted by Gasteiger charge is -2.18. The molecule has 0 atom stereocenters. The Bertz CT molecular complexity index is 1180. The quantitative estimate of drug-likeness (QED) is 0.440. The van der Waals surface area contributed by atoms with Gasteiger partial charge in [-0.2, -0.15) is 4.98 Å². The number of amides is 1. The molecule has 1 saturated heterocycles. The van der Waals surface area contributed by atoms with Gasteiger partial charge >= 0.3 is 0 Å². The molecule has 34 heavy (non-hydrogen) atoms. The van der Waals surface area contributed by atoms with Crippen molar-refractivity contribution in [3.05, 3.63) is 58.0 Å². The fourth-order valence-electron chi connectivity index (χ4n) is 4.53. The molecule has 1 fully saturated rings. The second-order valence-corrected chi connectivity index (χ2v) is 9.12. The summed E-state index contributed by atoms with van der Waals surface area (Å²) in [6, 6.07) is 10.5.